The van der Waals surface area contributed by atoms with Gasteiger partial charge < -0.3 is 19.3 Å². The number of carbonyl (C=O) groups is 3. The molecule has 0 saturated heterocycles. The Hall–Kier alpha value is -2.67. The molecule has 7 nitrogen and oxygen atoms in total. The lowest BCUT2D eigenvalue weighted by Crippen LogP contribution is -2.39. The van der Waals surface area contributed by atoms with Crippen LogP contribution in [0.2, 0.25) is 0 Å². The van der Waals surface area contributed by atoms with Gasteiger partial charge in [0, 0.05) is 51.2 Å². The maximum atomic E-state index is 12.5. The first kappa shape index (κ1) is 26.4. The van der Waals surface area contributed by atoms with Gasteiger partial charge in [0.25, 0.3) is 5.91 Å². The molecule has 0 N–H and O–H groups in total. The molecule has 1 heterocycles. The third kappa shape index (κ3) is 8.53. The quantitative estimate of drug-likeness (QED) is 0.311. The van der Waals surface area contributed by atoms with E-state index in [4.69, 9.17) is 9.47 Å². The largest absolute Gasteiger partial charge is 0.493 e. The fourth-order valence-corrected chi connectivity index (χ4v) is 2.94. The van der Waals surface area contributed by atoms with Gasteiger partial charge in [0.15, 0.2) is 5.78 Å². The van der Waals surface area contributed by atoms with Gasteiger partial charge in [-0.05, 0) is 39.8 Å². The number of hydrogen-bond donors (Lipinski definition) is 0. The van der Waals surface area contributed by atoms with E-state index < -0.39 is 11.2 Å². The molecule has 172 valence electrons. The molecule has 0 aromatic heterocycles. The molecule has 1 aliphatic rings. The van der Waals surface area contributed by atoms with Crippen molar-refractivity contribution in [2.75, 3.05) is 26.7 Å². The standard InChI is InChI=1S/C24H36N2O5/c1-9-21(28)25(8)15-13-20(27)24(6,7)30-17-14-23(4,5)31-19(3)12-16-26-18(2)10-11-22(26)29/h9-11H,1-3,12-17H2,4-8H3. The molecule has 0 radical (unpaired) electrons. The van der Waals surface area contributed by atoms with E-state index in [2.05, 4.69) is 19.7 Å². The van der Waals surface area contributed by atoms with Crippen LogP contribution < -0.4 is 0 Å². The number of hydrogen-bond acceptors (Lipinski definition) is 5. The van der Waals surface area contributed by atoms with Gasteiger partial charge in [-0.15, -0.1) is 0 Å². The van der Waals surface area contributed by atoms with Crippen LogP contribution in [0.3, 0.4) is 0 Å². The molecule has 0 atom stereocenters. The lowest BCUT2D eigenvalue weighted by atomic mass is 9.99. The smallest absolute Gasteiger partial charge is 0.251 e. The van der Waals surface area contributed by atoms with Crippen molar-refractivity contribution >= 4 is 17.6 Å². The first-order valence-electron chi connectivity index (χ1n) is 10.4. The molecular weight excluding hydrogens is 396 g/mol. The van der Waals surface area contributed by atoms with Crippen molar-refractivity contribution in [3.05, 3.63) is 49.4 Å². The van der Waals surface area contributed by atoms with Crippen molar-refractivity contribution in [2.24, 2.45) is 0 Å². The van der Waals surface area contributed by atoms with Crippen LogP contribution in [-0.4, -0.2) is 65.3 Å². The van der Waals surface area contributed by atoms with E-state index in [1.54, 1.807) is 31.9 Å². The van der Waals surface area contributed by atoms with Crippen molar-refractivity contribution in [3.63, 3.8) is 0 Å². The van der Waals surface area contributed by atoms with Gasteiger partial charge in [-0.3, -0.25) is 14.4 Å². The zero-order valence-corrected chi connectivity index (χ0v) is 19.5. The zero-order valence-electron chi connectivity index (χ0n) is 19.5. The normalized spacial score (nSPS) is 14.0. The lowest BCUT2D eigenvalue weighted by molar-refractivity contribution is -0.143. The highest BCUT2D eigenvalue weighted by Crippen LogP contribution is 2.23. The summed E-state index contributed by atoms with van der Waals surface area (Å²) in [6, 6.07) is 0. The summed E-state index contributed by atoms with van der Waals surface area (Å²) in [5.74, 6) is 0.184. The summed E-state index contributed by atoms with van der Waals surface area (Å²) >= 11 is 0. The van der Waals surface area contributed by atoms with Crippen LogP contribution in [-0.2, 0) is 23.9 Å². The highest BCUT2D eigenvalue weighted by Gasteiger charge is 2.30. The molecule has 0 bridgehead atoms. The number of Topliss-reactive ketones (excluding diaryl/α,β-unsaturated/α-hetero) is 1. The van der Waals surface area contributed by atoms with Crippen molar-refractivity contribution in [1.29, 1.82) is 0 Å². The minimum absolute atomic E-state index is 0.0801. The summed E-state index contributed by atoms with van der Waals surface area (Å²) in [7, 11) is 1.63. The third-order valence-corrected chi connectivity index (χ3v) is 5.13. The summed E-state index contributed by atoms with van der Waals surface area (Å²) in [6.45, 7) is 19.6. The van der Waals surface area contributed by atoms with Gasteiger partial charge >= 0.3 is 0 Å². The molecule has 1 aliphatic heterocycles. The Morgan fingerprint density at radius 2 is 1.84 bits per heavy atom. The number of likely N-dealkylation sites (N-methyl/N-ethyl adjacent to an activating group) is 1. The van der Waals surface area contributed by atoms with E-state index in [0.717, 1.165) is 0 Å². The number of amides is 2. The predicted molar refractivity (Wildman–Crippen MR) is 121 cm³/mol. The first-order valence-corrected chi connectivity index (χ1v) is 10.4. The van der Waals surface area contributed by atoms with Crippen LogP contribution in [0.5, 0.6) is 0 Å². The molecule has 31 heavy (non-hydrogen) atoms. The second-order valence-corrected chi connectivity index (χ2v) is 8.71. The Balaban J connectivity index is 2.40. The van der Waals surface area contributed by atoms with E-state index in [1.807, 2.05) is 13.8 Å². The number of ketones is 1. The monoisotopic (exact) mass is 432 g/mol. The van der Waals surface area contributed by atoms with Crippen LogP contribution in [0, 0.1) is 0 Å². The molecule has 2 amide bonds. The lowest BCUT2D eigenvalue weighted by Gasteiger charge is -2.31. The van der Waals surface area contributed by atoms with Crippen LogP contribution in [0.15, 0.2) is 49.4 Å². The maximum Gasteiger partial charge on any atom is 0.251 e. The van der Waals surface area contributed by atoms with E-state index in [-0.39, 0.29) is 24.0 Å². The van der Waals surface area contributed by atoms with Gasteiger partial charge in [0.2, 0.25) is 5.91 Å². The third-order valence-electron chi connectivity index (χ3n) is 5.13. The van der Waals surface area contributed by atoms with Crippen LogP contribution >= 0.6 is 0 Å². The fourth-order valence-electron chi connectivity index (χ4n) is 2.94. The Bertz CT molecular complexity index is 746. The van der Waals surface area contributed by atoms with Crippen molar-refractivity contribution in [3.8, 4) is 0 Å². The Labute approximate surface area is 186 Å². The molecule has 0 fully saturated rings. The second-order valence-electron chi connectivity index (χ2n) is 8.71. The van der Waals surface area contributed by atoms with Gasteiger partial charge in [0.05, 0.1) is 12.4 Å². The Morgan fingerprint density at radius 1 is 1.19 bits per heavy atom. The molecule has 0 spiro atoms. The number of ether oxygens (including phenoxy) is 2. The van der Waals surface area contributed by atoms with Gasteiger partial charge in [-0.2, -0.15) is 0 Å². The van der Waals surface area contributed by atoms with Crippen LogP contribution in [0.1, 0.15) is 47.0 Å². The van der Waals surface area contributed by atoms with E-state index in [0.29, 0.717) is 44.0 Å². The van der Waals surface area contributed by atoms with Crippen LogP contribution in [0.4, 0.5) is 0 Å². The minimum Gasteiger partial charge on any atom is -0.493 e. The zero-order chi connectivity index (χ0) is 23.8. The summed E-state index contributed by atoms with van der Waals surface area (Å²) < 4.78 is 11.8. The highest BCUT2D eigenvalue weighted by molar-refractivity contribution is 5.93. The second kappa shape index (κ2) is 11.1. The molecule has 0 aromatic rings. The number of rotatable bonds is 14. The van der Waals surface area contributed by atoms with Crippen molar-refractivity contribution < 1.29 is 23.9 Å². The summed E-state index contributed by atoms with van der Waals surface area (Å²) in [4.78, 5) is 38.8. The molecule has 0 saturated carbocycles. The summed E-state index contributed by atoms with van der Waals surface area (Å²) in [6.07, 6.45) is 5.65. The SMILES string of the molecule is C=CC(=O)N(C)CCC(=O)C(C)(C)OCCC(C)(C)OC(=C)CCN1C(=C)C=CC1=O. The Morgan fingerprint density at radius 3 is 2.39 bits per heavy atom. The molecular formula is C24H36N2O5. The fraction of sp³-hybridized carbons (Fsp3) is 0.542. The number of carbonyl (C=O) groups excluding carboxylic acids is 3. The van der Waals surface area contributed by atoms with Crippen molar-refractivity contribution in [2.45, 2.75) is 58.2 Å². The molecule has 0 unspecified atom stereocenters. The average Bonchev–Trinajstić information content (AvgIpc) is 3.00. The molecule has 1 rings (SSSR count). The molecule has 0 aromatic carbocycles. The number of nitrogens with zero attached hydrogens (tertiary/aromatic N) is 2. The number of allylic oxidation sites excluding steroid dienone is 1. The van der Waals surface area contributed by atoms with Gasteiger partial charge in [-0.25, -0.2) is 0 Å². The van der Waals surface area contributed by atoms with Crippen molar-refractivity contribution in [1.82, 2.24) is 9.80 Å². The van der Waals surface area contributed by atoms with Gasteiger partial charge in [0.1, 0.15) is 11.2 Å². The van der Waals surface area contributed by atoms with Gasteiger partial charge in [-0.1, -0.05) is 19.7 Å². The molecule has 7 heteroatoms. The predicted octanol–water partition coefficient (Wildman–Crippen LogP) is 3.39. The first-order chi connectivity index (χ1) is 14.3. The summed E-state index contributed by atoms with van der Waals surface area (Å²) in [5, 5.41) is 0. The maximum absolute atomic E-state index is 12.5. The topological polar surface area (TPSA) is 76.2 Å². The minimum atomic E-state index is -0.964. The average molecular weight is 433 g/mol. The van der Waals surface area contributed by atoms with E-state index >= 15 is 0 Å². The van der Waals surface area contributed by atoms with Crippen LogP contribution in [0.25, 0.3) is 0 Å². The Kier molecular flexibility index (Phi) is 9.43. The van der Waals surface area contributed by atoms with E-state index in [9.17, 15) is 14.4 Å². The highest BCUT2D eigenvalue weighted by atomic mass is 16.5. The summed E-state index contributed by atoms with van der Waals surface area (Å²) in [5.41, 5.74) is -0.844. The molecule has 0 aliphatic carbocycles. The van der Waals surface area contributed by atoms with E-state index in [1.165, 1.54) is 17.1 Å².